The molecule has 29 heavy (non-hydrogen) atoms. The SMILES string of the molecule is COC=CC(=O)OC1C=CC=CC1(C)CSC(=Nc1ccc(OC)cc1)C1CC1. The molecule has 0 bridgehead atoms. The number of methoxy groups -OCH3 is 2. The van der Waals surface area contributed by atoms with Crippen molar-refractivity contribution in [3.63, 3.8) is 0 Å². The van der Waals surface area contributed by atoms with Crippen LogP contribution in [0.4, 0.5) is 5.69 Å². The highest BCUT2D eigenvalue weighted by Gasteiger charge is 2.37. The van der Waals surface area contributed by atoms with Gasteiger partial charge >= 0.3 is 5.97 Å². The first-order valence-electron chi connectivity index (χ1n) is 9.65. The van der Waals surface area contributed by atoms with Crippen molar-refractivity contribution in [3.05, 3.63) is 60.9 Å². The minimum absolute atomic E-state index is 0.314. The quantitative estimate of drug-likeness (QED) is 0.196. The third-order valence-corrected chi connectivity index (χ3v) is 6.36. The largest absolute Gasteiger partial charge is 0.504 e. The van der Waals surface area contributed by atoms with Crippen LogP contribution in [0.25, 0.3) is 0 Å². The third kappa shape index (κ3) is 6.00. The van der Waals surface area contributed by atoms with Crippen LogP contribution in [0.15, 0.2) is 65.9 Å². The zero-order valence-electron chi connectivity index (χ0n) is 17.0. The van der Waals surface area contributed by atoms with E-state index >= 15 is 0 Å². The maximum atomic E-state index is 12.0. The van der Waals surface area contributed by atoms with Crippen molar-refractivity contribution in [2.24, 2.45) is 16.3 Å². The second-order valence-electron chi connectivity index (χ2n) is 7.36. The van der Waals surface area contributed by atoms with Crippen LogP contribution in [0, 0.1) is 11.3 Å². The predicted octanol–water partition coefficient (Wildman–Crippen LogP) is 5.07. The van der Waals surface area contributed by atoms with E-state index in [4.69, 9.17) is 19.2 Å². The standard InChI is InChI=1S/C23H27NO4S/c1-23(14-5-4-6-20(23)28-21(25)13-15-26-2)16-29-22(17-7-8-17)24-18-9-11-19(27-3)12-10-18/h4-6,9-15,17,20H,7-8,16H2,1-3H3. The van der Waals surface area contributed by atoms with Crippen molar-refractivity contribution >= 4 is 28.5 Å². The van der Waals surface area contributed by atoms with Gasteiger partial charge in [0.05, 0.1) is 37.3 Å². The van der Waals surface area contributed by atoms with Gasteiger partial charge in [0.25, 0.3) is 0 Å². The number of aliphatic imine (C=N–C) groups is 1. The fraction of sp³-hybridized carbons (Fsp3) is 0.391. The van der Waals surface area contributed by atoms with Crippen LogP contribution < -0.4 is 4.74 Å². The third-order valence-electron chi connectivity index (χ3n) is 4.88. The molecule has 0 N–H and O–H groups in total. The Morgan fingerprint density at radius 1 is 1.24 bits per heavy atom. The summed E-state index contributed by atoms with van der Waals surface area (Å²) in [6.07, 6.45) is 12.6. The van der Waals surface area contributed by atoms with Crippen molar-refractivity contribution in [1.82, 2.24) is 0 Å². The minimum Gasteiger partial charge on any atom is -0.504 e. The van der Waals surface area contributed by atoms with Gasteiger partial charge in [-0.2, -0.15) is 0 Å². The summed E-state index contributed by atoms with van der Waals surface area (Å²) in [6, 6.07) is 7.79. The van der Waals surface area contributed by atoms with E-state index < -0.39 is 5.97 Å². The predicted molar refractivity (Wildman–Crippen MR) is 118 cm³/mol. The van der Waals surface area contributed by atoms with Gasteiger partial charge in [-0.25, -0.2) is 9.79 Å². The highest BCUT2D eigenvalue weighted by molar-refractivity contribution is 8.14. The summed E-state index contributed by atoms with van der Waals surface area (Å²) in [5.74, 6) is 1.70. The molecule has 154 valence electrons. The molecule has 0 amide bonds. The lowest BCUT2D eigenvalue weighted by Crippen LogP contribution is -2.36. The number of benzene rings is 1. The molecule has 0 spiro atoms. The molecule has 3 rings (SSSR count). The van der Waals surface area contributed by atoms with Gasteiger partial charge in [0.2, 0.25) is 0 Å². The van der Waals surface area contributed by atoms with E-state index in [1.165, 1.54) is 32.3 Å². The molecule has 0 aliphatic heterocycles. The normalized spacial score (nSPS) is 24.0. The maximum Gasteiger partial charge on any atom is 0.334 e. The molecule has 5 nitrogen and oxygen atoms in total. The lowest BCUT2D eigenvalue weighted by Gasteiger charge is -2.34. The Labute approximate surface area is 176 Å². The molecule has 2 aliphatic rings. The van der Waals surface area contributed by atoms with E-state index in [1.807, 2.05) is 42.5 Å². The lowest BCUT2D eigenvalue weighted by molar-refractivity contribution is -0.144. The van der Waals surface area contributed by atoms with Crippen LogP contribution in [0.3, 0.4) is 0 Å². The maximum absolute atomic E-state index is 12.0. The molecule has 2 unspecified atom stereocenters. The van der Waals surface area contributed by atoms with E-state index in [0.717, 1.165) is 22.2 Å². The zero-order valence-corrected chi connectivity index (χ0v) is 17.9. The molecule has 0 aromatic heterocycles. The number of rotatable bonds is 8. The number of carbonyl (C=O) groups is 1. The van der Waals surface area contributed by atoms with Crippen molar-refractivity contribution in [2.45, 2.75) is 25.9 Å². The molecule has 1 saturated carbocycles. The van der Waals surface area contributed by atoms with Gasteiger partial charge in [-0.15, -0.1) is 11.8 Å². The molecule has 0 heterocycles. The second-order valence-corrected chi connectivity index (χ2v) is 8.35. The number of thioether (sulfide) groups is 1. The average molecular weight is 414 g/mol. The average Bonchev–Trinajstić information content (AvgIpc) is 3.57. The Kier molecular flexibility index (Phi) is 7.20. The van der Waals surface area contributed by atoms with Crippen molar-refractivity contribution in [3.8, 4) is 5.75 Å². The molecular formula is C23H27NO4S. The Balaban J connectivity index is 1.69. The minimum atomic E-state index is -0.414. The van der Waals surface area contributed by atoms with Crippen molar-refractivity contribution < 1.29 is 19.0 Å². The summed E-state index contributed by atoms with van der Waals surface area (Å²) >= 11 is 1.75. The summed E-state index contributed by atoms with van der Waals surface area (Å²) < 4.78 is 15.7. The number of ether oxygens (including phenoxy) is 3. The Morgan fingerprint density at radius 2 is 2.00 bits per heavy atom. The molecule has 6 heteroatoms. The van der Waals surface area contributed by atoms with E-state index in [0.29, 0.717) is 5.92 Å². The number of carbonyl (C=O) groups excluding carboxylic acids is 1. The molecule has 1 fully saturated rings. The smallest absolute Gasteiger partial charge is 0.334 e. The van der Waals surface area contributed by atoms with Crippen LogP contribution in [-0.4, -0.2) is 37.1 Å². The Bertz CT molecular complexity index is 824. The van der Waals surface area contributed by atoms with E-state index in [2.05, 4.69) is 13.0 Å². The molecule has 1 aromatic rings. The summed E-state index contributed by atoms with van der Waals surface area (Å²) in [6.45, 7) is 2.11. The number of hydrogen-bond acceptors (Lipinski definition) is 6. The second kappa shape index (κ2) is 9.83. The summed E-state index contributed by atoms with van der Waals surface area (Å²) in [5, 5.41) is 1.14. The summed E-state index contributed by atoms with van der Waals surface area (Å²) in [5.41, 5.74) is 0.614. The molecular weight excluding hydrogens is 386 g/mol. The Morgan fingerprint density at radius 3 is 2.66 bits per heavy atom. The summed E-state index contributed by atoms with van der Waals surface area (Å²) in [7, 11) is 3.15. The number of allylic oxidation sites excluding steroid dienone is 2. The zero-order chi connectivity index (χ0) is 20.7. The lowest BCUT2D eigenvalue weighted by atomic mass is 9.83. The van der Waals surface area contributed by atoms with Crippen molar-refractivity contribution in [2.75, 3.05) is 20.0 Å². The topological polar surface area (TPSA) is 57.1 Å². The van der Waals surface area contributed by atoms with Gasteiger partial charge in [-0.05, 0) is 43.2 Å². The van der Waals surface area contributed by atoms with E-state index in [1.54, 1.807) is 18.9 Å². The molecule has 0 radical (unpaired) electrons. The van der Waals surface area contributed by atoms with Gasteiger partial charge in [-0.3, -0.25) is 0 Å². The molecule has 2 atom stereocenters. The highest BCUT2D eigenvalue weighted by Crippen LogP contribution is 2.41. The van der Waals surface area contributed by atoms with Gasteiger partial charge < -0.3 is 14.2 Å². The van der Waals surface area contributed by atoms with E-state index in [9.17, 15) is 4.79 Å². The van der Waals surface area contributed by atoms with Gasteiger partial charge in [-0.1, -0.05) is 25.2 Å². The highest BCUT2D eigenvalue weighted by atomic mass is 32.2. The number of esters is 1. The fourth-order valence-corrected chi connectivity index (χ4v) is 4.29. The fourth-order valence-electron chi connectivity index (χ4n) is 2.93. The Hall–Kier alpha value is -2.47. The van der Waals surface area contributed by atoms with Gasteiger partial charge in [0.15, 0.2) is 0 Å². The monoisotopic (exact) mass is 413 g/mol. The first-order chi connectivity index (χ1) is 14.0. The first kappa shape index (κ1) is 21.2. The molecule has 1 aromatic carbocycles. The van der Waals surface area contributed by atoms with Gasteiger partial charge in [0, 0.05) is 17.1 Å². The first-order valence-corrected chi connectivity index (χ1v) is 10.6. The molecule has 0 saturated heterocycles. The number of hydrogen-bond donors (Lipinski definition) is 0. The van der Waals surface area contributed by atoms with Crippen LogP contribution in [0.5, 0.6) is 5.75 Å². The van der Waals surface area contributed by atoms with Gasteiger partial charge in [0.1, 0.15) is 11.9 Å². The van der Waals surface area contributed by atoms with Crippen LogP contribution in [-0.2, 0) is 14.3 Å². The van der Waals surface area contributed by atoms with Crippen LogP contribution >= 0.6 is 11.8 Å². The number of nitrogens with zero attached hydrogens (tertiary/aromatic N) is 1. The van der Waals surface area contributed by atoms with Crippen molar-refractivity contribution in [1.29, 1.82) is 0 Å². The molecule has 2 aliphatic carbocycles. The van der Waals surface area contributed by atoms with E-state index in [-0.39, 0.29) is 11.5 Å². The summed E-state index contributed by atoms with van der Waals surface area (Å²) in [4.78, 5) is 16.9. The van der Waals surface area contributed by atoms with Crippen LogP contribution in [0.1, 0.15) is 19.8 Å². The van der Waals surface area contributed by atoms with Crippen LogP contribution in [0.2, 0.25) is 0 Å².